The maximum Gasteiger partial charge on any atom is 0.0366 e. The van der Waals surface area contributed by atoms with Crippen LogP contribution >= 0.6 is 0 Å². The number of anilines is 2. The van der Waals surface area contributed by atoms with Crippen LogP contribution in [0.4, 0.5) is 11.4 Å². The largest absolute Gasteiger partial charge is 0.372 e. The van der Waals surface area contributed by atoms with Crippen LogP contribution in [0, 0.1) is 0 Å². The average Bonchev–Trinajstić information content (AvgIpc) is 3.04. The van der Waals surface area contributed by atoms with Crippen LogP contribution < -0.4 is 9.80 Å². The van der Waals surface area contributed by atoms with E-state index in [9.17, 15) is 0 Å². The zero-order valence-electron chi connectivity index (χ0n) is 23.2. The van der Waals surface area contributed by atoms with Gasteiger partial charge in [-0.2, -0.15) is 0 Å². The number of hydrogen-bond donors (Lipinski definition) is 0. The lowest BCUT2D eigenvalue weighted by atomic mass is 9.87. The molecule has 2 heteroatoms. The van der Waals surface area contributed by atoms with Gasteiger partial charge in [0.15, 0.2) is 0 Å². The van der Waals surface area contributed by atoms with Crippen molar-refractivity contribution in [1.82, 2.24) is 0 Å². The van der Waals surface area contributed by atoms with Crippen molar-refractivity contribution in [2.45, 2.75) is 38.5 Å². The summed E-state index contributed by atoms with van der Waals surface area (Å²) in [4.78, 5) is 5.08. The fraction of sp³-hybridized carbons (Fsp3) is 0.263. The molecule has 2 nitrogen and oxygen atoms in total. The zero-order valence-corrected chi connectivity index (χ0v) is 23.2. The smallest absolute Gasteiger partial charge is 0.0366 e. The van der Waals surface area contributed by atoms with Crippen LogP contribution in [0.1, 0.15) is 38.5 Å². The maximum absolute atomic E-state index is 2.54. The number of benzene rings is 6. The summed E-state index contributed by atoms with van der Waals surface area (Å²) in [6.07, 6.45) is 7.96. The van der Waals surface area contributed by atoms with E-state index < -0.39 is 0 Å². The lowest BCUT2D eigenvalue weighted by Crippen LogP contribution is -2.29. The van der Waals surface area contributed by atoms with Crippen molar-refractivity contribution in [1.29, 1.82) is 0 Å². The van der Waals surface area contributed by atoms with Crippen molar-refractivity contribution in [3.05, 3.63) is 97.1 Å². The summed E-state index contributed by atoms with van der Waals surface area (Å²) in [6.45, 7) is 4.73. The van der Waals surface area contributed by atoms with E-state index in [0.717, 1.165) is 0 Å². The second kappa shape index (κ2) is 9.86. The van der Waals surface area contributed by atoms with E-state index in [1.54, 1.807) is 0 Å². The van der Waals surface area contributed by atoms with E-state index in [-0.39, 0.29) is 0 Å². The molecule has 0 aromatic heterocycles. The van der Waals surface area contributed by atoms with Crippen LogP contribution in [-0.4, -0.2) is 26.2 Å². The summed E-state index contributed by atoms with van der Waals surface area (Å²) in [5, 5.41) is 8.11. The molecule has 0 atom stereocenters. The highest BCUT2D eigenvalue weighted by Crippen LogP contribution is 2.42. The van der Waals surface area contributed by atoms with Gasteiger partial charge < -0.3 is 9.80 Å². The van der Waals surface area contributed by atoms with Gasteiger partial charge >= 0.3 is 0 Å². The first-order chi connectivity index (χ1) is 19.8. The van der Waals surface area contributed by atoms with Crippen molar-refractivity contribution in [2.75, 3.05) is 36.0 Å². The van der Waals surface area contributed by atoms with Gasteiger partial charge in [-0.05, 0) is 117 Å². The van der Waals surface area contributed by atoms with Gasteiger partial charge in [0.1, 0.15) is 0 Å². The standard InChI is InChI=1S/C38H36N2/c1-3-23-39(24-4-1)31-15-7-27(8-16-31)33-19-11-29-14-22-36-34(20-12-30-13-21-35(33)37(29)38(30)36)28-9-17-32(18-10-28)40-25-5-2-6-26-40/h7-22H,1-6,23-26H2. The Morgan fingerprint density at radius 2 is 0.725 bits per heavy atom. The van der Waals surface area contributed by atoms with Gasteiger partial charge in [0.2, 0.25) is 0 Å². The van der Waals surface area contributed by atoms with Crippen molar-refractivity contribution in [3.63, 3.8) is 0 Å². The molecule has 6 aromatic carbocycles. The Morgan fingerprint density at radius 3 is 1.12 bits per heavy atom. The van der Waals surface area contributed by atoms with E-state index in [1.807, 2.05) is 0 Å². The highest BCUT2D eigenvalue weighted by molar-refractivity contribution is 6.27. The molecule has 0 amide bonds. The predicted octanol–water partition coefficient (Wildman–Crippen LogP) is 9.90. The summed E-state index contributed by atoms with van der Waals surface area (Å²) < 4.78 is 0. The number of nitrogens with zero attached hydrogens (tertiary/aromatic N) is 2. The van der Waals surface area contributed by atoms with E-state index in [2.05, 4.69) is 107 Å². The van der Waals surface area contributed by atoms with Gasteiger partial charge in [-0.1, -0.05) is 72.8 Å². The third kappa shape index (κ3) is 4.01. The van der Waals surface area contributed by atoms with Gasteiger partial charge in [-0.15, -0.1) is 0 Å². The van der Waals surface area contributed by atoms with Gasteiger partial charge in [-0.25, -0.2) is 0 Å². The maximum atomic E-state index is 2.54. The number of hydrogen-bond acceptors (Lipinski definition) is 2. The molecule has 0 bridgehead atoms. The molecule has 6 aromatic rings. The van der Waals surface area contributed by atoms with Crippen LogP contribution in [0.3, 0.4) is 0 Å². The molecule has 2 fully saturated rings. The lowest BCUT2D eigenvalue weighted by Gasteiger charge is -2.29. The summed E-state index contributed by atoms with van der Waals surface area (Å²) in [7, 11) is 0. The van der Waals surface area contributed by atoms with E-state index in [4.69, 9.17) is 0 Å². The number of piperidine rings is 2. The molecule has 0 radical (unpaired) electrons. The van der Waals surface area contributed by atoms with Gasteiger partial charge in [0, 0.05) is 37.6 Å². The molecule has 0 aliphatic carbocycles. The normalized spacial score (nSPS) is 16.4. The Morgan fingerprint density at radius 1 is 0.350 bits per heavy atom. The van der Waals surface area contributed by atoms with E-state index >= 15 is 0 Å². The van der Waals surface area contributed by atoms with Crippen LogP contribution in [0.25, 0.3) is 54.6 Å². The summed E-state index contributed by atoms with van der Waals surface area (Å²) in [5.41, 5.74) is 7.96. The molecule has 0 saturated carbocycles. The molecule has 8 rings (SSSR count). The molecule has 198 valence electrons. The Kier molecular flexibility index (Phi) is 5.87. The molecule has 2 heterocycles. The third-order valence-electron chi connectivity index (χ3n) is 9.46. The summed E-state index contributed by atoms with van der Waals surface area (Å²) in [6, 6.07) is 37.2. The van der Waals surface area contributed by atoms with Crippen LogP contribution in [0.5, 0.6) is 0 Å². The monoisotopic (exact) mass is 520 g/mol. The Labute approximate surface area is 237 Å². The molecule has 2 aliphatic rings. The third-order valence-corrected chi connectivity index (χ3v) is 9.46. The first-order valence-electron chi connectivity index (χ1n) is 15.2. The number of rotatable bonds is 4. The van der Waals surface area contributed by atoms with Crippen molar-refractivity contribution in [3.8, 4) is 22.3 Å². The van der Waals surface area contributed by atoms with Gasteiger partial charge in [-0.3, -0.25) is 0 Å². The second-order valence-corrected chi connectivity index (χ2v) is 11.8. The fourth-order valence-corrected chi connectivity index (χ4v) is 7.31. The molecule has 40 heavy (non-hydrogen) atoms. The first-order valence-corrected chi connectivity index (χ1v) is 15.2. The van der Waals surface area contributed by atoms with Crippen molar-refractivity contribution < 1.29 is 0 Å². The average molecular weight is 521 g/mol. The van der Waals surface area contributed by atoms with Crippen LogP contribution in [-0.2, 0) is 0 Å². The van der Waals surface area contributed by atoms with E-state index in [1.165, 1.54) is 131 Å². The first kappa shape index (κ1) is 23.8. The molecule has 0 spiro atoms. The molecule has 0 N–H and O–H groups in total. The molecule has 0 unspecified atom stereocenters. The van der Waals surface area contributed by atoms with Gasteiger partial charge in [0.25, 0.3) is 0 Å². The van der Waals surface area contributed by atoms with Crippen LogP contribution in [0.15, 0.2) is 97.1 Å². The SMILES string of the molecule is c1cc(N2CCCCC2)ccc1-c1ccc2ccc3c(-c4ccc(N5CCCCC5)cc4)ccc4ccc1c2c43. The quantitative estimate of drug-likeness (QED) is 0.213. The Hall–Kier alpha value is -4.04. The Bertz CT molecular complexity index is 1650. The fourth-order valence-electron chi connectivity index (χ4n) is 7.31. The molecule has 2 saturated heterocycles. The minimum atomic E-state index is 1.18. The van der Waals surface area contributed by atoms with Gasteiger partial charge in [0.05, 0.1) is 0 Å². The predicted molar refractivity (Wildman–Crippen MR) is 173 cm³/mol. The highest BCUT2D eigenvalue weighted by atomic mass is 15.1. The zero-order chi connectivity index (χ0) is 26.5. The minimum absolute atomic E-state index is 1.18. The van der Waals surface area contributed by atoms with Crippen molar-refractivity contribution >= 4 is 43.7 Å². The molecular formula is C38H36N2. The lowest BCUT2D eigenvalue weighted by molar-refractivity contribution is 0.578. The topological polar surface area (TPSA) is 6.48 Å². The highest BCUT2D eigenvalue weighted by Gasteiger charge is 2.16. The second-order valence-electron chi connectivity index (χ2n) is 11.8. The molecular weight excluding hydrogens is 484 g/mol. The molecule has 2 aliphatic heterocycles. The Balaban J connectivity index is 1.22. The van der Waals surface area contributed by atoms with Crippen molar-refractivity contribution in [2.24, 2.45) is 0 Å². The summed E-state index contributed by atoms with van der Waals surface area (Å²) in [5.74, 6) is 0. The summed E-state index contributed by atoms with van der Waals surface area (Å²) >= 11 is 0. The minimum Gasteiger partial charge on any atom is -0.372 e. The van der Waals surface area contributed by atoms with Crippen LogP contribution in [0.2, 0.25) is 0 Å². The van der Waals surface area contributed by atoms with E-state index in [0.29, 0.717) is 0 Å².